The monoisotopic (exact) mass is 170 g/mol. The Morgan fingerprint density at radius 1 is 1.25 bits per heavy atom. The molecule has 1 atom stereocenters. The summed E-state index contributed by atoms with van der Waals surface area (Å²) in [6, 6.07) is 0. The maximum absolute atomic E-state index is 9.46. The van der Waals surface area contributed by atoms with E-state index in [0.717, 1.165) is 18.8 Å². The molecule has 0 spiro atoms. The standard InChI is InChI=1S/C11H22O/c1-9(2)6-5-7-11(12)8-10(3)4/h8-9,11-12H,5-7H2,1-4H3. The SMILES string of the molecule is CC(C)=CC(O)CCCC(C)C. The molecule has 0 aromatic carbocycles. The first-order chi connectivity index (χ1) is 5.52. The van der Waals surface area contributed by atoms with Crippen LogP contribution in [0.3, 0.4) is 0 Å². The molecule has 1 N–H and O–H groups in total. The lowest BCUT2D eigenvalue weighted by atomic mass is 10.0. The maximum atomic E-state index is 9.46. The van der Waals surface area contributed by atoms with Gasteiger partial charge in [0.1, 0.15) is 0 Å². The summed E-state index contributed by atoms with van der Waals surface area (Å²) in [5, 5.41) is 9.46. The summed E-state index contributed by atoms with van der Waals surface area (Å²) >= 11 is 0. The largest absolute Gasteiger partial charge is 0.389 e. The van der Waals surface area contributed by atoms with Gasteiger partial charge in [-0.3, -0.25) is 0 Å². The van der Waals surface area contributed by atoms with Crippen LogP contribution >= 0.6 is 0 Å². The van der Waals surface area contributed by atoms with E-state index in [0.29, 0.717) is 0 Å². The van der Waals surface area contributed by atoms with E-state index in [1.807, 2.05) is 19.9 Å². The molecule has 0 bridgehead atoms. The van der Waals surface area contributed by atoms with Gasteiger partial charge in [-0.1, -0.05) is 38.3 Å². The van der Waals surface area contributed by atoms with Crippen LogP contribution in [0.25, 0.3) is 0 Å². The van der Waals surface area contributed by atoms with Crippen LogP contribution in [0.5, 0.6) is 0 Å². The third kappa shape index (κ3) is 7.80. The van der Waals surface area contributed by atoms with Crippen molar-refractivity contribution in [3.8, 4) is 0 Å². The molecule has 0 saturated carbocycles. The second-order valence-electron chi connectivity index (χ2n) is 4.14. The smallest absolute Gasteiger partial charge is 0.0723 e. The fourth-order valence-corrected chi connectivity index (χ4v) is 1.20. The summed E-state index contributed by atoms with van der Waals surface area (Å²) in [5.41, 5.74) is 1.20. The van der Waals surface area contributed by atoms with E-state index in [-0.39, 0.29) is 6.10 Å². The fourth-order valence-electron chi connectivity index (χ4n) is 1.20. The summed E-state index contributed by atoms with van der Waals surface area (Å²) in [5.74, 6) is 0.754. The summed E-state index contributed by atoms with van der Waals surface area (Å²) < 4.78 is 0. The molecule has 0 amide bonds. The molecule has 0 aliphatic rings. The van der Waals surface area contributed by atoms with Gasteiger partial charge in [-0.2, -0.15) is 0 Å². The molecule has 1 nitrogen and oxygen atoms in total. The van der Waals surface area contributed by atoms with Gasteiger partial charge in [0.05, 0.1) is 6.10 Å². The van der Waals surface area contributed by atoms with Crippen LogP contribution in [0.4, 0.5) is 0 Å². The van der Waals surface area contributed by atoms with Crippen LogP contribution in [-0.4, -0.2) is 11.2 Å². The van der Waals surface area contributed by atoms with E-state index in [2.05, 4.69) is 13.8 Å². The lowest BCUT2D eigenvalue weighted by molar-refractivity contribution is 0.205. The van der Waals surface area contributed by atoms with E-state index >= 15 is 0 Å². The van der Waals surface area contributed by atoms with Crippen LogP contribution in [0.15, 0.2) is 11.6 Å². The molecular formula is C11H22O. The van der Waals surface area contributed by atoms with Crippen molar-refractivity contribution in [1.29, 1.82) is 0 Å². The number of aliphatic hydroxyl groups excluding tert-OH is 1. The summed E-state index contributed by atoms with van der Waals surface area (Å²) in [4.78, 5) is 0. The first kappa shape index (κ1) is 11.7. The van der Waals surface area contributed by atoms with Crippen LogP contribution in [0.2, 0.25) is 0 Å². The molecule has 12 heavy (non-hydrogen) atoms. The average molecular weight is 170 g/mol. The van der Waals surface area contributed by atoms with Gasteiger partial charge in [0.25, 0.3) is 0 Å². The minimum absolute atomic E-state index is 0.228. The highest BCUT2D eigenvalue weighted by atomic mass is 16.3. The van der Waals surface area contributed by atoms with Gasteiger partial charge >= 0.3 is 0 Å². The first-order valence-electron chi connectivity index (χ1n) is 4.85. The van der Waals surface area contributed by atoms with Gasteiger partial charge < -0.3 is 5.11 Å². The van der Waals surface area contributed by atoms with Crippen molar-refractivity contribution in [2.24, 2.45) is 5.92 Å². The highest BCUT2D eigenvalue weighted by molar-refractivity contribution is 4.97. The van der Waals surface area contributed by atoms with E-state index < -0.39 is 0 Å². The van der Waals surface area contributed by atoms with E-state index in [9.17, 15) is 5.11 Å². The zero-order valence-corrected chi connectivity index (χ0v) is 8.80. The van der Waals surface area contributed by atoms with Crippen molar-refractivity contribution in [2.75, 3.05) is 0 Å². The Morgan fingerprint density at radius 2 is 1.83 bits per heavy atom. The predicted octanol–water partition coefficient (Wildman–Crippen LogP) is 3.14. The molecule has 0 aromatic heterocycles. The third-order valence-corrected chi connectivity index (χ3v) is 1.81. The number of rotatable bonds is 5. The Balaban J connectivity index is 3.44. The molecule has 0 fully saturated rings. The number of aliphatic hydroxyl groups is 1. The predicted molar refractivity (Wildman–Crippen MR) is 54.1 cm³/mol. The van der Waals surface area contributed by atoms with Crippen LogP contribution in [0.1, 0.15) is 47.0 Å². The minimum Gasteiger partial charge on any atom is -0.389 e. The van der Waals surface area contributed by atoms with Crippen molar-refractivity contribution in [1.82, 2.24) is 0 Å². The van der Waals surface area contributed by atoms with Crippen LogP contribution in [0, 0.1) is 5.92 Å². The van der Waals surface area contributed by atoms with Crippen molar-refractivity contribution in [2.45, 2.75) is 53.1 Å². The molecule has 0 rings (SSSR count). The maximum Gasteiger partial charge on any atom is 0.0723 e. The van der Waals surface area contributed by atoms with Crippen molar-refractivity contribution in [3.05, 3.63) is 11.6 Å². The molecule has 0 aliphatic carbocycles. The van der Waals surface area contributed by atoms with Gasteiger partial charge in [-0.25, -0.2) is 0 Å². The van der Waals surface area contributed by atoms with Crippen molar-refractivity contribution < 1.29 is 5.11 Å². The highest BCUT2D eigenvalue weighted by Gasteiger charge is 2.00. The Morgan fingerprint density at radius 3 is 2.25 bits per heavy atom. The van der Waals surface area contributed by atoms with Gasteiger partial charge in [0.2, 0.25) is 0 Å². The van der Waals surface area contributed by atoms with Gasteiger partial charge in [-0.05, 0) is 26.2 Å². The van der Waals surface area contributed by atoms with E-state index in [1.165, 1.54) is 12.0 Å². The second-order valence-corrected chi connectivity index (χ2v) is 4.14. The van der Waals surface area contributed by atoms with Gasteiger partial charge in [0.15, 0.2) is 0 Å². The molecule has 0 aromatic rings. The molecule has 0 radical (unpaired) electrons. The molecule has 0 aliphatic heterocycles. The quantitative estimate of drug-likeness (QED) is 0.628. The number of hydrogen-bond acceptors (Lipinski definition) is 1. The fraction of sp³-hybridized carbons (Fsp3) is 0.818. The Hall–Kier alpha value is -0.300. The van der Waals surface area contributed by atoms with Gasteiger partial charge in [-0.15, -0.1) is 0 Å². The topological polar surface area (TPSA) is 20.2 Å². The highest BCUT2D eigenvalue weighted by Crippen LogP contribution is 2.09. The number of allylic oxidation sites excluding steroid dienone is 1. The summed E-state index contributed by atoms with van der Waals surface area (Å²) in [6.07, 6.45) is 4.95. The summed E-state index contributed by atoms with van der Waals surface area (Å²) in [6.45, 7) is 8.47. The van der Waals surface area contributed by atoms with Crippen LogP contribution in [-0.2, 0) is 0 Å². The zero-order chi connectivity index (χ0) is 9.56. The lowest BCUT2D eigenvalue weighted by Gasteiger charge is -2.07. The first-order valence-corrected chi connectivity index (χ1v) is 4.85. The molecule has 0 heterocycles. The molecule has 1 unspecified atom stereocenters. The zero-order valence-electron chi connectivity index (χ0n) is 8.80. The summed E-state index contributed by atoms with van der Waals surface area (Å²) in [7, 11) is 0. The van der Waals surface area contributed by atoms with Gasteiger partial charge in [0, 0.05) is 0 Å². The van der Waals surface area contributed by atoms with E-state index in [4.69, 9.17) is 0 Å². The van der Waals surface area contributed by atoms with E-state index in [1.54, 1.807) is 0 Å². The Kier molecular flexibility index (Phi) is 6.09. The normalized spacial score (nSPS) is 13.2. The van der Waals surface area contributed by atoms with Crippen molar-refractivity contribution in [3.63, 3.8) is 0 Å². The molecular weight excluding hydrogens is 148 g/mol. The molecule has 1 heteroatoms. The third-order valence-electron chi connectivity index (χ3n) is 1.81. The minimum atomic E-state index is -0.228. The molecule has 72 valence electrons. The van der Waals surface area contributed by atoms with Crippen molar-refractivity contribution >= 4 is 0 Å². The second kappa shape index (κ2) is 6.24. The Bertz CT molecular complexity index is 132. The lowest BCUT2D eigenvalue weighted by Crippen LogP contribution is -2.03. The average Bonchev–Trinajstić information content (AvgIpc) is 1.84. The number of hydrogen-bond donors (Lipinski definition) is 1. The van der Waals surface area contributed by atoms with Crippen LogP contribution < -0.4 is 0 Å². The molecule has 0 saturated heterocycles. The Labute approximate surface area is 76.5 Å².